The molecule has 0 aromatic heterocycles. The van der Waals surface area contributed by atoms with Gasteiger partial charge in [0.25, 0.3) is 0 Å². The van der Waals surface area contributed by atoms with Gasteiger partial charge in [-0.15, -0.1) is 0 Å². The van der Waals surface area contributed by atoms with Gasteiger partial charge in [-0.25, -0.2) is 9.18 Å². The number of halogens is 1. The minimum absolute atomic E-state index is 0.305. The number of benzene rings is 1. The molecule has 0 bridgehead atoms. The molecule has 0 spiro atoms. The number of nitrogens with zero attached hydrogens (tertiary/aromatic N) is 3. The number of nitrogens with one attached hydrogen (secondary N) is 1. The Hall–Kier alpha value is -3.35. The second-order valence-corrected chi connectivity index (χ2v) is 9.66. The molecule has 6 atom stereocenters. The van der Waals surface area contributed by atoms with Crippen LogP contribution in [0.5, 0.6) is 0 Å². The summed E-state index contributed by atoms with van der Waals surface area (Å²) < 4.78 is 37.6. The highest BCUT2D eigenvalue weighted by Crippen LogP contribution is 2.45. The number of carbonyl (C=O) groups is 4. The van der Waals surface area contributed by atoms with Gasteiger partial charge >= 0.3 is 17.9 Å². The first-order valence-electron chi connectivity index (χ1n) is 11.2. The Morgan fingerprint density at radius 3 is 2.41 bits per heavy atom. The largest absolute Gasteiger partial charge is 0.466 e. The Kier molecular flexibility index (Phi) is 10.7. The third-order valence-corrected chi connectivity index (χ3v) is 6.62. The summed E-state index contributed by atoms with van der Waals surface area (Å²) in [4.78, 5) is 50.0. The molecule has 202 valence electrons. The number of hydrogen-bond donors (Lipinski definition) is 1. The molecule has 1 aromatic carbocycles. The van der Waals surface area contributed by atoms with Gasteiger partial charge in [-0.05, 0) is 24.6 Å². The number of carbonyl (C=O) groups excluding carboxylic acids is 4. The molecule has 14 heteroatoms. The number of rotatable bonds is 10. The quantitative estimate of drug-likeness (QED) is 0.154. The van der Waals surface area contributed by atoms with Gasteiger partial charge in [-0.1, -0.05) is 34.6 Å². The second kappa shape index (κ2) is 13.3. The number of methoxy groups -OCH3 is 1. The lowest BCUT2D eigenvalue weighted by Gasteiger charge is -2.47. The topological polar surface area (TPSA) is 166 Å². The van der Waals surface area contributed by atoms with E-state index in [-0.39, 0.29) is 6.42 Å². The Labute approximate surface area is 217 Å². The zero-order chi connectivity index (χ0) is 27.8. The maximum atomic E-state index is 16.1. The third-order valence-electron chi connectivity index (χ3n) is 5.35. The fraction of sp³-hybridized carbons (Fsp3) is 0.565. The first kappa shape index (κ1) is 29.9. The summed E-state index contributed by atoms with van der Waals surface area (Å²) in [6.07, 6.45) is -7.11. The highest BCUT2D eigenvalue weighted by atomic mass is 32.2. The van der Waals surface area contributed by atoms with Gasteiger partial charge in [-0.3, -0.25) is 14.4 Å². The van der Waals surface area contributed by atoms with Gasteiger partial charge in [0.1, 0.15) is 18.3 Å². The predicted octanol–water partition coefficient (Wildman–Crippen LogP) is 2.76. The van der Waals surface area contributed by atoms with Crippen LogP contribution in [0.25, 0.3) is 10.4 Å². The molecular weight excluding hydrogens is 511 g/mol. The Morgan fingerprint density at radius 1 is 1.24 bits per heavy atom. The minimum Gasteiger partial charge on any atom is -0.466 e. The van der Waals surface area contributed by atoms with Crippen LogP contribution in [0, 0.1) is 6.92 Å². The number of alkyl halides is 1. The van der Waals surface area contributed by atoms with E-state index in [1.54, 1.807) is 24.3 Å². The van der Waals surface area contributed by atoms with E-state index in [2.05, 4.69) is 15.3 Å². The van der Waals surface area contributed by atoms with Crippen LogP contribution in [-0.2, 0) is 38.1 Å². The van der Waals surface area contributed by atoms with Crippen LogP contribution in [0.15, 0.2) is 34.3 Å². The average Bonchev–Trinajstić information content (AvgIpc) is 2.82. The van der Waals surface area contributed by atoms with Crippen molar-refractivity contribution in [2.75, 3.05) is 13.7 Å². The van der Waals surface area contributed by atoms with Gasteiger partial charge in [0.2, 0.25) is 10.8 Å². The van der Waals surface area contributed by atoms with Gasteiger partial charge in [0.15, 0.2) is 6.17 Å². The summed E-state index contributed by atoms with van der Waals surface area (Å²) in [6, 6.07) is 5.74. The molecule has 1 N–H and O–H groups in total. The fourth-order valence-electron chi connectivity index (χ4n) is 3.88. The van der Waals surface area contributed by atoms with Gasteiger partial charge in [0.05, 0.1) is 19.7 Å². The van der Waals surface area contributed by atoms with Crippen LogP contribution in [0.3, 0.4) is 0 Å². The molecule has 1 fully saturated rings. The lowest BCUT2D eigenvalue weighted by Crippen LogP contribution is -2.66. The second-order valence-electron chi connectivity index (χ2n) is 8.33. The maximum Gasteiger partial charge on any atom is 0.349 e. The van der Waals surface area contributed by atoms with Crippen molar-refractivity contribution in [1.82, 2.24) is 5.32 Å². The molecule has 0 unspecified atom stereocenters. The minimum atomic E-state index is -2.23. The number of thioether (sulfide) groups is 1. The first-order chi connectivity index (χ1) is 17.4. The number of azide groups is 1. The molecule has 1 aliphatic rings. The molecule has 1 saturated heterocycles. The molecule has 1 aliphatic heterocycles. The van der Waals surface area contributed by atoms with E-state index in [0.717, 1.165) is 38.3 Å². The van der Waals surface area contributed by atoms with Crippen molar-refractivity contribution in [2.45, 2.75) is 74.5 Å². The first-order valence-corrected chi connectivity index (χ1v) is 12.0. The van der Waals surface area contributed by atoms with E-state index < -0.39 is 65.8 Å². The number of esters is 3. The van der Waals surface area contributed by atoms with Gasteiger partial charge < -0.3 is 24.3 Å². The lowest BCUT2D eigenvalue weighted by molar-refractivity contribution is -0.205. The molecule has 1 heterocycles. The summed E-state index contributed by atoms with van der Waals surface area (Å²) in [6.45, 7) is 4.61. The molecule has 1 amide bonds. The molecule has 0 saturated carbocycles. The molecule has 37 heavy (non-hydrogen) atoms. The van der Waals surface area contributed by atoms with Crippen molar-refractivity contribution >= 4 is 35.6 Å². The fourth-order valence-corrected chi connectivity index (χ4v) is 5.11. The van der Waals surface area contributed by atoms with Crippen molar-refractivity contribution in [3.8, 4) is 0 Å². The molecule has 12 nitrogen and oxygen atoms in total. The molecule has 0 aliphatic carbocycles. The summed E-state index contributed by atoms with van der Waals surface area (Å²) >= 11 is 0.913. The highest BCUT2D eigenvalue weighted by Gasteiger charge is 2.58. The van der Waals surface area contributed by atoms with E-state index in [0.29, 0.717) is 4.90 Å². The van der Waals surface area contributed by atoms with E-state index in [1.807, 2.05) is 6.92 Å². The van der Waals surface area contributed by atoms with Crippen molar-refractivity contribution in [2.24, 2.45) is 5.11 Å². The number of ether oxygens (including phenoxy) is 4. The Morgan fingerprint density at radius 2 is 1.89 bits per heavy atom. The average molecular weight is 541 g/mol. The summed E-state index contributed by atoms with van der Waals surface area (Å²) in [5.41, 5.74) is 9.66. The van der Waals surface area contributed by atoms with Crippen LogP contribution in [0.1, 0.15) is 32.8 Å². The summed E-state index contributed by atoms with van der Waals surface area (Å²) in [7, 11) is 1.12. The number of amides is 1. The van der Waals surface area contributed by atoms with Crippen LogP contribution in [-0.4, -0.2) is 72.9 Å². The zero-order valence-electron chi connectivity index (χ0n) is 21.0. The Bertz CT molecular complexity index is 1050. The van der Waals surface area contributed by atoms with Gasteiger partial charge in [-0.2, -0.15) is 0 Å². The smallest absolute Gasteiger partial charge is 0.349 e. The van der Waals surface area contributed by atoms with Crippen molar-refractivity contribution in [3.63, 3.8) is 0 Å². The van der Waals surface area contributed by atoms with Crippen LogP contribution in [0.4, 0.5) is 4.39 Å². The van der Waals surface area contributed by atoms with E-state index >= 15 is 4.39 Å². The van der Waals surface area contributed by atoms with Gasteiger partial charge in [0, 0.05) is 37.0 Å². The molecule has 2 rings (SSSR count). The molecule has 1 aromatic rings. The van der Waals surface area contributed by atoms with Crippen molar-refractivity contribution in [3.05, 3.63) is 40.3 Å². The van der Waals surface area contributed by atoms with Crippen molar-refractivity contribution < 1.29 is 42.5 Å². The van der Waals surface area contributed by atoms with Crippen molar-refractivity contribution in [1.29, 1.82) is 0 Å². The summed E-state index contributed by atoms with van der Waals surface area (Å²) in [5, 5.41) is 5.81. The number of aryl methyl sites for hydroxylation is 1. The van der Waals surface area contributed by atoms with E-state index in [9.17, 15) is 19.2 Å². The normalized spacial score (nSPS) is 24.5. The monoisotopic (exact) mass is 540 g/mol. The third kappa shape index (κ3) is 8.07. The van der Waals surface area contributed by atoms with Crippen LogP contribution < -0.4 is 5.32 Å². The Balaban J connectivity index is 2.64. The van der Waals surface area contributed by atoms with Crippen LogP contribution in [0.2, 0.25) is 0 Å². The van der Waals surface area contributed by atoms with E-state index in [4.69, 9.17) is 24.5 Å². The zero-order valence-corrected chi connectivity index (χ0v) is 21.8. The SMILES string of the molecule is COC(=O)[C@]1(Sc2ccc(C)cc2)C[C@H](OC(C)=O)[C@@H](NC(C)=O)[C@H]([C@@H](F)[C@@H](CN=[N+]=[N-])OC(C)=O)O1. The highest BCUT2D eigenvalue weighted by molar-refractivity contribution is 8.01. The predicted molar refractivity (Wildman–Crippen MR) is 129 cm³/mol. The maximum absolute atomic E-state index is 16.1. The van der Waals surface area contributed by atoms with E-state index in [1.165, 1.54) is 6.92 Å². The molecular formula is C23H29FN4O8S. The lowest BCUT2D eigenvalue weighted by atomic mass is 9.90. The number of hydrogen-bond acceptors (Lipinski definition) is 10. The van der Waals surface area contributed by atoms with Crippen LogP contribution >= 0.6 is 11.8 Å². The molecule has 0 radical (unpaired) electrons. The standard InChI is InChI=1S/C23H29FN4O8S/c1-12-6-8-16(9-7-12)37-23(22(32)33-5)10-17(34-14(3)30)20(27-13(2)29)21(36-23)19(24)18(11-26-28-25)35-15(4)31/h6-9,17-21H,10-11H2,1-5H3,(H,27,29)/t17-,18+,19-,20+,21-,23+/m0/s1. The summed E-state index contributed by atoms with van der Waals surface area (Å²) in [5.74, 6) is -3.11.